The second-order valence-electron chi connectivity index (χ2n) is 2.46. The zero-order chi connectivity index (χ0) is 10.9. The van der Waals surface area contributed by atoms with Crippen molar-refractivity contribution in [2.24, 2.45) is 0 Å². The standard InChI is InChI=1S/C8H3Cl2F3O/c9-5-2-1-4(3-6(5)10)7(14)8(11,12)13/h1-3H. The molecular weight excluding hydrogens is 240 g/mol. The molecule has 0 aliphatic heterocycles. The molecule has 1 aromatic carbocycles. The minimum Gasteiger partial charge on any atom is -0.284 e. The van der Waals surface area contributed by atoms with Gasteiger partial charge in [0.25, 0.3) is 5.78 Å². The number of rotatable bonds is 1. The summed E-state index contributed by atoms with van der Waals surface area (Å²) in [6, 6.07) is 3.01. The smallest absolute Gasteiger partial charge is 0.284 e. The minimum atomic E-state index is -4.89. The third kappa shape index (κ3) is 2.39. The van der Waals surface area contributed by atoms with E-state index in [-0.39, 0.29) is 10.0 Å². The van der Waals surface area contributed by atoms with Gasteiger partial charge >= 0.3 is 6.18 Å². The van der Waals surface area contributed by atoms with Gasteiger partial charge in [-0.25, -0.2) is 0 Å². The molecule has 0 atom stereocenters. The average Bonchev–Trinajstić information content (AvgIpc) is 2.07. The number of halogens is 5. The molecule has 0 saturated carbocycles. The Labute approximate surface area is 87.4 Å². The van der Waals surface area contributed by atoms with Crippen molar-refractivity contribution in [3.05, 3.63) is 33.8 Å². The summed E-state index contributed by atoms with van der Waals surface area (Å²) >= 11 is 10.9. The number of carbonyl (C=O) groups excluding carboxylic acids is 1. The van der Waals surface area contributed by atoms with Gasteiger partial charge in [0, 0.05) is 5.56 Å². The molecule has 14 heavy (non-hydrogen) atoms. The number of alkyl halides is 3. The molecule has 0 bridgehead atoms. The second kappa shape index (κ2) is 3.79. The van der Waals surface area contributed by atoms with Gasteiger partial charge < -0.3 is 0 Å². The van der Waals surface area contributed by atoms with Gasteiger partial charge in [-0.15, -0.1) is 0 Å². The van der Waals surface area contributed by atoms with E-state index in [0.29, 0.717) is 0 Å². The van der Waals surface area contributed by atoms with Crippen molar-refractivity contribution in [1.29, 1.82) is 0 Å². The predicted molar refractivity (Wildman–Crippen MR) is 46.8 cm³/mol. The Bertz CT molecular complexity index is 373. The fourth-order valence-electron chi connectivity index (χ4n) is 0.801. The highest BCUT2D eigenvalue weighted by atomic mass is 35.5. The predicted octanol–water partition coefficient (Wildman–Crippen LogP) is 3.74. The Morgan fingerprint density at radius 1 is 1.14 bits per heavy atom. The quantitative estimate of drug-likeness (QED) is 0.686. The highest BCUT2D eigenvalue weighted by molar-refractivity contribution is 6.42. The SMILES string of the molecule is O=C(c1ccc(Cl)c(Cl)c1)C(F)(F)F. The maximum absolute atomic E-state index is 11.9. The highest BCUT2D eigenvalue weighted by Crippen LogP contribution is 2.27. The van der Waals surface area contributed by atoms with Gasteiger partial charge in [0.2, 0.25) is 0 Å². The summed E-state index contributed by atoms with van der Waals surface area (Å²) in [5.74, 6) is -1.93. The molecule has 76 valence electrons. The first-order chi connectivity index (χ1) is 6.32. The van der Waals surface area contributed by atoms with Crippen LogP contribution in [0, 0.1) is 0 Å². The summed E-state index contributed by atoms with van der Waals surface area (Å²) < 4.78 is 35.8. The maximum atomic E-state index is 11.9. The van der Waals surface area contributed by atoms with Crippen LogP contribution in [0.1, 0.15) is 10.4 Å². The molecule has 1 rings (SSSR count). The summed E-state index contributed by atoms with van der Waals surface area (Å²) in [6.45, 7) is 0. The lowest BCUT2D eigenvalue weighted by molar-refractivity contribution is -0.0885. The van der Waals surface area contributed by atoms with Gasteiger partial charge in [-0.2, -0.15) is 13.2 Å². The number of Topliss-reactive ketones (excluding diaryl/α,β-unsaturated/α-hetero) is 1. The molecule has 0 unspecified atom stereocenters. The van der Waals surface area contributed by atoms with Crippen molar-refractivity contribution in [2.45, 2.75) is 6.18 Å². The largest absolute Gasteiger partial charge is 0.454 e. The van der Waals surface area contributed by atoms with Crippen LogP contribution in [0.2, 0.25) is 10.0 Å². The van der Waals surface area contributed by atoms with Crippen LogP contribution in [0.5, 0.6) is 0 Å². The molecule has 6 heteroatoms. The average molecular weight is 243 g/mol. The lowest BCUT2D eigenvalue weighted by Crippen LogP contribution is -2.22. The van der Waals surface area contributed by atoms with Gasteiger partial charge in [-0.1, -0.05) is 23.2 Å². The molecule has 0 amide bonds. The normalized spacial score (nSPS) is 11.5. The molecule has 0 spiro atoms. The van der Waals surface area contributed by atoms with Crippen molar-refractivity contribution in [3.63, 3.8) is 0 Å². The fourth-order valence-corrected chi connectivity index (χ4v) is 1.10. The summed E-state index contributed by atoms with van der Waals surface area (Å²) in [5.41, 5.74) is -0.521. The van der Waals surface area contributed by atoms with Crippen LogP contribution in [-0.4, -0.2) is 12.0 Å². The van der Waals surface area contributed by atoms with Crippen molar-refractivity contribution in [2.75, 3.05) is 0 Å². The van der Waals surface area contributed by atoms with Crippen molar-refractivity contribution in [3.8, 4) is 0 Å². The van der Waals surface area contributed by atoms with Gasteiger partial charge in [-0.3, -0.25) is 4.79 Å². The Morgan fingerprint density at radius 2 is 1.71 bits per heavy atom. The van der Waals surface area contributed by atoms with Crippen LogP contribution in [0.4, 0.5) is 13.2 Å². The molecule has 0 radical (unpaired) electrons. The first-order valence-corrected chi connectivity index (χ1v) is 4.14. The molecular formula is C8H3Cl2F3O. The summed E-state index contributed by atoms with van der Waals surface area (Å²) in [5, 5.41) is 0.0205. The van der Waals surface area contributed by atoms with Gasteiger partial charge in [0.05, 0.1) is 10.0 Å². The van der Waals surface area contributed by atoms with E-state index in [1.54, 1.807) is 0 Å². The van der Waals surface area contributed by atoms with Crippen LogP contribution >= 0.6 is 23.2 Å². The number of ketones is 1. The number of carbonyl (C=O) groups is 1. The summed E-state index contributed by atoms with van der Waals surface area (Å²) in [6.07, 6.45) is -4.89. The van der Waals surface area contributed by atoms with Crippen LogP contribution in [0.25, 0.3) is 0 Å². The molecule has 1 aromatic rings. The van der Waals surface area contributed by atoms with Crippen LogP contribution in [0.15, 0.2) is 18.2 Å². The van der Waals surface area contributed by atoms with E-state index >= 15 is 0 Å². The van der Waals surface area contributed by atoms with E-state index in [2.05, 4.69) is 0 Å². The molecule has 0 aliphatic carbocycles. The second-order valence-corrected chi connectivity index (χ2v) is 3.27. The third-order valence-corrected chi connectivity index (χ3v) is 2.18. The van der Waals surface area contributed by atoms with Gasteiger partial charge in [0.15, 0.2) is 0 Å². The first kappa shape index (κ1) is 11.3. The number of benzene rings is 1. The molecule has 0 fully saturated rings. The van der Waals surface area contributed by atoms with E-state index in [0.717, 1.165) is 18.2 Å². The van der Waals surface area contributed by atoms with Gasteiger partial charge in [0.1, 0.15) is 0 Å². The fraction of sp³-hybridized carbons (Fsp3) is 0.125. The van der Waals surface area contributed by atoms with Crippen LogP contribution in [0.3, 0.4) is 0 Å². The number of hydrogen-bond acceptors (Lipinski definition) is 1. The van der Waals surface area contributed by atoms with Crippen molar-refractivity contribution in [1.82, 2.24) is 0 Å². The lowest BCUT2D eigenvalue weighted by Gasteiger charge is -2.05. The van der Waals surface area contributed by atoms with Crippen molar-refractivity contribution < 1.29 is 18.0 Å². The maximum Gasteiger partial charge on any atom is 0.454 e. The topological polar surface area (TPSA) is 17.1 Å². The molecule has 0 N–H and O–H groups in total. The molecule has 0 heterocycles. The molecule has 0 saturated heterocycles. The Kier molecular flexibility index (Phi) is 3.07. The summed E-state index contributed by atoms with van der Waals surface area (Å²) in [7, 11) is 0. The highest BCUT2D eigenvalue weighted by Gasteiger charge is 2.39. The molecule has 1 nitrogen and oxygen atoms in total. The van der Waals surface area contributed by atoms with E-state index < -0.39 is 17.5 Å². The van der Waals surface area contributed by atoms with E-state index in [4.69, 9.17) is 23.2 Å². The van der Waals surface area contributed by atoms with Gasteiger partial charge in [-0.05, 0) is 18.2 Å². The lowest BCUT2D eigenvalue weighted by atomic mass is 10.1. The van der Waals surface area contributed by atoms with E-state index in [1.165, 1.54) is 0 Å². The van der Waals surface area contributed by atoms with E-state index in [9.17, 15) is 18.0 Å². The molecule has 0 aromatic heterocycles. The van der Waals surface area contributed by atoms with Crippen LogP contribution < -0.4 is 0 Å². The van der Waals surface area contributed by atoms with E-state index in [1.807, 2.05) is 0 Å². The molecule has 0 aliphatic rings. The zero-order valence-electron chi connectivity index (χ0n) is 6.53. The Morgan fingerprint density at radius 3 is 2.14 bits per heavy atom. The zero-order valence-corrected chi connectivity index (χ0v) is 8.04. The summed E-state index contributed by atoms with van der Waals surface area (Å²) in [4.78, 5) is 10.7. The minimum absolute atomic E-state index is 0.0817. The Hall–Kier alpha value is -0.740. The monoisotopic (exact) mass is 242 g/mol. The van der Waals surface area contributed by atoms with Crippen molar-refractivity contribution >= 4 is 29.0 Å². The Balaban J connectivity index is 3.10. The van der Waals surface area contributed by atoms with Crippen LogP contribution in [-0.2, 0) is 0 Å². The number of hydrogen-bond donors (Lipinski definition) is 0. The third-order valence-electron chi connectivity index (χ3n) is 1.44. The first-order valence-electron chi connectivity index (χ1n) is 3.39.